The van der Waals surface area contributed by atoms with Crippen molar-refractivity contribution in [3.05, 3.63) is 29.7 Å². The quantitative estimate of drug-likeness (QED) is 0.307. The van der Waals surface area contributed by atoms with Gasteiger partial charge in [-0.1, -0.05) is 0 Å². The first-order chi connectivity index (χ1) is 19.4. The number of aromatic amines is 1. The highest BCUT2D eigenvalue weighted by atomic mass is 19.2. The van der Waals surface area contributed by atoms with Crippen molar-refractivity contribution < 1.29 is 23.0 Å². The predicted octanol–water partition coefficient (Wildman–Crippen LogP) is 3.01. The van der Waals surface area contributed by atoms with Gasteiger partial charge in [0.05, 0.1) is 12.0 Å². The first-order valence-corrected chi connectivity index (χ1v) is 13.8. The Balaban J connectivity index is 1.34. The lowest BCUT2D eigenvalue weighted by atomic mass is 10.1. The number of rotatable bonds is 12. The minimum atomic E-state index is -2.66. The lowest BCUT2D eigenvalue weighted by molar-refractivity contribution is 0.0351. The summed E-state index contributed by atoms with van der Waals surface area (Å²) >= 11 is 0. The van der Waals surface area contributed by atoms with Gasteiger partial charge in [0.2, 0.25) is 5.67 Å². The van der Waals surface area contributed by atoms with Crippen LogP contribution in [0, 0.1) is 6.92 Å². The van der Waals surface area contributed by atoms with Crippen molar-refractivity contribution >= 4 is 28.2 Å². The van der Waals surface area contributed by atoms with Crippen LogP contribution >= 0.6 is 0 Å². The zero-order chi connectivity index (χ0) is 28.1. The first kappa shape index (κ1) is 28.2. The number of halogens is 3. The van der Waals surface area contributed by atoms with Gasteiger partial charge < -0.3 is 29.9 Å². The van der Waals surface area contributed by atoms with E-state index < -0.39 is 25.6 Å². The summed E-state index contributed by atoms with van der Waals surface area (Å²) in [6.45, 7) is 4.69. The lowest BCUT2D eigenvalue weighted by Crippen LogP contribution is -2.47. The smallest absolute Gasteiger partial charge is 0.200 e. The molecule has 0 radical (unpaired) electrons. The number of likely N-dealkylation sites (tertiary alicyclic amines) is 1. The number of aliphatic hydroxyl groups is 1. The molecule has 0 atom stereocenters. The van der Waals surface area contributed by atoms with E-state index in [9.17, 15) is 18.3 Å². The zero-order valence-electron chi connectivity index (χ0n) is 22.8. The average molecular weight is 563 g/mol. The number of aliphatic hydroxyl groups excluding tert-OH is 1. The lowest BCUT2D eigenvalue weighted by Gasteiger charge is -2.38. The molecule has 0 spiro atoms. The molecule has 4 heterocycles. The molecule has 10 nitrogen and oxygen atoms in total. The molecular formula is C27H37F3N8O2. The SMILES string of the molecule is Cc1c(NCCN2CCCC2)cc(OCC(F)(CF)CF)cc1N1CCN(c2ncnc3[nH]nc(CO)c23)CC1. The molecule has 0 aliphatic carbocycles. The number of alkyl halides is 3. The number of benzene rings is 1. The summed E-state index contributed by atoms with van der Waals surface area (Å²) in [6.07, 6.45) is 3.91. The summed E-state index contributed by atoms with van der Waals surface area (Å²) in [5, 5.41) is 20.9. The van der Waals surface area contributed by atoms with E-state index in [0.29, 0.717) is 48.7 Å². The number of nitrogens with one attached hydrogen (secondary N) is 2. The number of aromatic nitrogens is 4. The van der Waals surface area contributed by atoms with Gasteiger partial charge >= 0.3 is 0 Å². The van der Waals surface area contributed by atoms with Crippen LogP contribution in [0.4, 0.5) is 30.4 Å². The monoisotopic (exact) mass is 562 g/mol. The molecule has 2 fully saturated rings. The summed E-state index contributed by atoms with van der Waals surface area (Å²) in [4.78, 5) is 15.5. The van der Waals surface area contributed by atoms with Crippen molar-refractivity contribution in [1.82, 2.24) is 25.1 Å². The second-order valence-corrected chi connectivity index (χ2v) is 10.5. The average Bonchev–Trinajstić information content (AvgIpc) is 3.67. The zero-order valence-corrected chi connectivity index (χ0v) is 22.8. The van der Waals surface area contributed by atoms with Crippen molar-refractivity contribution in [2.45, 2.75) is 32.0 Å². The molecule has 2 aliphatic heterocycles. The fourth-order valence-electron chi connectivity index (χ4n) is 5.37. The summed E-state index contributed by atoms with van der Waals surface area (Å²) < 4.78 is 46.2. The molecule has 3 N–H and O–H groups in total. The van der Waals surface area contributed by atoms with Crippen LogP contribution in [0.5, 0.6) is 5.75 Å². The van der Waals surface area contributed by atoms with Crippen LogP contribution in [-0.2, 0) is 6.61 Å². The van der Waals surface area contributed by atoms with Crippen LogP contribution < -0.4 is 19.9 Å². The normalized spacial score (nSPS) is 16.7. The van der Waals surface area contributed by atoms with E-state index in [-0.39, 0.29) is 6.61 Å². The van der Waals surface area contributed by atoms with Crippen LogP contribution in [0.1, 0.15) is 24.1 Å². The Morgan fingerprint density at radius 1 is 1.05 bits per heavy atom. The topological polar surface area (TPSA) is 106 Å². The van der Waals surface area contributed by atoms with Gasteiger partial charge in [-0.3, -0.25) is 5.10 Å². The van der Waals surface area contributed by atoms with Gasteiger partial charge in [0, 0.05) is 62.8 Å². The van der Waals surface area contributed by atoms with E-state index in [0.717, 1.165) is 48.9 Å². The van der Waals surface area contributed by atoms with Crippen LogP contribution in [0.3, 0.4) is 0 Å². The third-order valence-corrected chi connectivity index (χ3v) is 7.75. The van der Waals surface area contributed by atoms with Crippen molar-refractivity contribution in [1.29, 1.82) is 0 Å². The molecule has 5 rings (SSSR count). The number of H-pyrrole nitrogens is 1. The fourth-order valence-corrected chi connectivity index (χ4v) is 5.37. The largest absolute Gasteiger partial charge is 0.490 e. The molecule has 218 valence electrons. The van der Waals surface area contributed by atoms with Crippen molar-refractivity contribution in [2.75, 3.05) is 87.4 Å². The van der Waals surface area contributed by atoms with Crippen molar-refractivity contribution in [2.24, 2.45) is 0 Å². The van der Waals surface area contributed by atoms with E-state index in [1.807, 2.05) is 13.0 Å². The molecule has 3 aromatic rings. The Bertz CT molecular complexity index is 1270. The highest BCUT2D eigenvalue weighted by molar-refractivity contribution is 5.89. The molecule has 2 aromatic heterocycles. The molecule has 40 heavy (non-hydrogen) atoms. The number of piperazine rings is 1. The third-order valence-electron chi connectivity index (χ3n) is 7.75. The van der Waals surface area contributed by atoms with Crippen LogP contribution in [0.2, 0.25) is 0 Å². The van der Waals surface area contributed by atoms with E-state index >= 15 is 0 Å². The van der Waals surface area contributed by atoms with E-state index in [1.165, 1.54) is 19.2 Å². The molecule has 2 saturated heterocycles. The van der Waals surface area contributed by atoms with Gasteiger partial charge in [0.15, 0.2) is 5.65 Å². The molecular weight excluding hydrogens is 525 g/mol. The molecule has 0 saturated carbocycles. The van der Waals surface area contributed by atoms with Crippen LogP contribution in [0.25, 0.3) is 11.0 Å². The molecule has 1 aromatic carbocycles. The minimum Gasteiger partial charge on any atom is -0.490 e. The summed E-state index contributed by atoms with van der Waals surface area (Å²) in [6, 6.07) is 3.60. The Hall–Kier alpha value is -3.32. The molecule has 0 unspecified atom stereocenters. The fraction of sp³-hybridized carbons (Fsp3) is 0.593. The molecule has 13 heteroatoms. The number of hydrogen-bond donors (Lipinski definition) is 3. The Morgan fingerprint density at radius 3 is 2.48 bits per heavy atom. The Labute approximate surface area is 231 Å². The standard InChI is InChI=1S/C27H37F3N8O2/c1-19-21(31-4-7-36-5-2-3-6-36)12-20(40-17-27(30,15-28)16-29)13-23(19)37-8-10-38(11-9-37)26-24-22(14-39)34-35-25(24)32-18-33-26/h12-13,18,31,39H,2-11,14-17H2,1H3,(H,32,33,34,35). The van der Waals surface area contributed by atoms with E-state index in [1.54, 1.807) is 6.07 Å². The van der Waals surface area contributed by atoms with Crippen molar-refractivity contribution in [3.8, 4) is 5.75 Å². The number of ether oxygens (including phenoxy) is 1. The van der Waals surface area contributed by atoms with Crippen LogP contribution in [0.15, 0.2) is 18.5 Å². The molecule has 0 bridgehead atoms. The van der Waals surface area contributed by atoms with Gasteiger partial charge in [0.25, 0.3) is 0 Å². The van der Waals surface area contributed by atoms with Crippen molar-refractivity contribution in [3.63, 3.8) is 0 Å². The second kappa shape index (κ2) is 12.5. The highest BCUT2D eigenvalue weighted by Gasteiger charge is 2.32. The molecule has 2 aliphatic rings. The van der Waals surface area contributed by atoms with Gasteiger partial charge in [-0.15, -0.1) is 0 Å². The minimum absolute atomic E-state index is 0.217. The van der Waals surface area contributed by atoms with Gasteiger partial charge in [-0.05, 0) is 38.4 Å². The van der Waals surface area contributed by atoms with Crippen LogP contribution in [-0.4, -0.2) is 108 Å². The number of fused-ring (bicyclic) bond motifs is 1. The maximum atomic E-state index is 14.3. The van der Waals surface area contributed by atoms with Gasteiger partial charge in [-0.2, -0.15) is 5.10 Å². The first-order valence-electron chi connectivity index (χ1n) is 13.8. The highest BCUT2D eigenvalue weighted by Crippen LogP contribution is 2.35. The van der Waals surface area contributed by atoms with E-state index in [4.69, 9.17) is 4.74 Å². The number of hydrogen-bond acceptors (Lipinski definition) is 9. The Morgan fingerprint density at radius 2 is 1.77 bits per heavy atom. The number of nitrogens with zero attached hydrogens (tertiary/aromatic N) is 6. The Kier molecular flexibility index (Phi) is 8.79. The van der Waals surface area contributed by atoms with Gasteiger partial charge in [0.1, 0.15) is 43.5 Å². The summed E-state index contributed by atoms with van der Waals surface area (Å²) in [5.74, 6) is 1.08. The summed E-state index contributed by atoms with van der Waals surface area (Å²) in [5.41, 5.74) is 1.20. The third kappa shape index (κ3) is 6.04. The predicted molar refractivity (Wildman–Crippen MR) is 149 cm³/mol. The summed E-state index contributed by atoms with van der Waals surface area (Å²) in [7, 11) is 0. The van der Waals surface area contributed by atoms with E-state index in [2.05, 4.69) is 40.2 Å². The number of anilines is 3. The maximum absolute atomic E-state index is 14.3. The maximum Gasteiger partial charge on any atom is 0.200 e. The molecule has 0 amide bonds. The van der Waals surface area contributed by atoms with Gasteiger partial charge in [-0.25, -0.2) is 23.1 Å². The second-order valence-electron chi connectivity index (χ2n) is 10.5.